The molecule has 4 heteroatoms. The predicted octanol–water partition coefficient (Wildman–Crippen LogP) is 2.58. The van der Waals surface area contributed by atoms with Crippen molar-refractivity contribution in [3.8, 4) is 0 Å². The fourth-order valence-corrected chi connectivity index (χ4v) is 2.09. The van der Waals surface area contributed by atoms with Crippen LogP contribution in [0.5, 0.6) is 0 Å². The molecule has 1 N–H and O–H groups in total. The van der Waals surface area contributed by atoms with Gasteiger partial charge in [0.15, 0.2) is 6.29 Å². The van der Waals surface area contributed by atoms with E-state index < -0.39 is 0 Å². The molecule has 1 fully saturated rings. The zero-order valence-electron chi connectivity index (χ0n) is 10.4. The summed E-state index contributed by atoms with van der Waals surface area (Å²) in [7, 11) is 0. The monoisotopic (exact) mass is 249 g/mol. The zero-order valence-corrected chi connectivity index (χ0v) is 10.4. The van der Waals surface area contributed by atoms with E-state index >= 15 is 0 Å². The van der Waals surface area contributed by atoms with E-state index in [1.807, 2.05) is 24.3 Å². The first-order valence-corrected chi connectivity index (χ1v) is 6.38. The van der Waals surface area contributed by atoms with Gasteiger partial charge in [0.1, 0.15) is 0 Å². The van der Waals surface area contributed by atoms with Crippen LogP contribution in [0.2, 0.25) is 0 Å². The average molecular weight is 249 g/mol. The van der Waals surface area contributed by atoms with Crippen molar-refractivity contribution in [1.29, 1.82) is 0 Å². The van der Waals surface area contributed by atoms with Crippen LogP contribution in [0, 0.1) is 0 Å². The van der Waals surface area contributed by atoms with E-state index in [-0.39, 0.29) is 6.29 Å². The molecular weight excluding hydrogens is 230 g/mol. The summed E-state index contributed by atoms with van der Waals surface area (Å²) in [5.41, 5.74) is 2.04. The Morgan fingerprint density at radius 1 is 1.39 bits per heavy atom. The second-order valence-corrected chi connectivity index (χ2v) is 4.36. The lowest BCUT2D eigenvalue weighted by Gasteiger charge is -2.22. The molecule has 0 bridgehead atoms. The largest absolute Gasteiger partial charge is 0.411 e. The van der Waals surface area contributed by atoms with Gasteiger partial charge in [-0.25, -0.2) is 0 Å². The maximum atomic E-state index is 8.59. The number of benzene rings is 1. The van der Waals surface area contributed by atoms with Crippen molar-refractivity contribution >= 4 is 6.21 Å². The SMILES string of the molecule is ON=Cc1ccccc1CCOC1CCCCO1. The molecule has 1 saturated heterocycles. The van der Waals surface area contributed by atoms with Gasteiger partial charge in [-0.15, -0.1) is 0 Å². The van der Waals surface area contributed by atoms with Crippen LogP contribution in [-0.2, 0) is 15.9 Å². The number of hydrogen-bond acceptors (Lipinski definition) is 4. The van der Waals surface area contributed by atoms with Crippen molar-refractivity contribution in [3.63, 3.8) is 0 Å². The summed E-state index contributed by atoms with van der Waals surface area (Å²) in [5.74, 6) is 0. The molecule has 0 amide bonds. The van der Waals surface area contributed by atoms with Gasteiger partial charge in [-0.1, -0.05) is 29.4 Å². The van der Waals surface area contributed by atoms with Crippen LogP contribution in [0.3, 0.4) is 0 Å². The lowest BCUT2D eigenvalue weighted by molar-refractivity contribution is -0.161. The third kappa shape index (κ3) is 3.82. The van der Waals surface area contributed by atoms with Gasteiger partial charge < -0.3 is 14.7 Å². The summed E-state index contributed by atoms with van der Waals surface area (Å²) in [6.45, 7) is 1.43. The Morgan fingerprint density at radius 3 is 3.06 bits per heavy atom. The van der Waals surface area contributed by atoms with E-state index in [0.717, 1.165) is 37.0 Å². The highest BCUT2D eigenvalue weighted by Gasteiger charge is 2.13. The minimum Gasteiger partial charge on any atom is -0.411 e. The van der Waals surface area contributed by atoms with E-state index in [9.17, 15) is 0 Å². The second kappa shape index (κ2) is 7.13. The van der Waals surface area contributed by atoms with E-state index in [1.165, 1.54) is 12.6 Å². The Morgan fingerprint density at radius 2 is 2.28 bits per heavy atom. The quantitative estimate of drug-likeness (QED) is 0.495. The third-order valence-corrected chi connectivity index (χ3v) is 3.06. The number of oxime groups is 1. The normalized spacial score (nSPS) is 20.3. The summed E-state index contributed by atoms with van der Waals surface area (Å²) in [5, 5.41) is 11.7. The van der Waals surface area contributed by atoms with Gasteiger partial charge in [-0.05, 0) is 36.8 Å². The smallest absolute Gasteiger partial charge is 0.157 e. The molecule has 0 spiro atoms. The molecule has 0 radical (unpaired) electrons. The molecule has 18 heavy (non-hydrogen) atoms. The number of nitrogens with zero attached hydrogens (tertiary/aromatic N) is 1. The topological polar surface area (TPSA) is 51.1 Å². The number of hydrogen-bond donors (Lipinski definition) is 1. The maximum Gasteiger partial charge on any atom is 0.157 e. The van der Waals surface area contributed by atoms with Crippen LogP contribution in [0.4, 0.5) is 0 Å². The molecule has 1 aromatic rings. The molecule has 4 nitrogen and oxygen atoms in total. The zero-order chi connectivity index (χ0) is 12.6. The van der Waals surface area contributed by atoms with Gasteiger partial charge in [-0.3, -0.25) is 0 Å². The molecule has 0 aromatic heterocycles. The summed E-state index contributed by atoms with van der Waals surface area (Å²) < 4.78 is 11.2. The summed E-state index contributed by atoms with van der Waals surface area (Å²) in [6, 6.07) is 7.83. The Labute approximate surface area is 107 Å². The lowest BCUT2D eigenvalue weighted by Crippen LogP contribution is -2.23. The predicted molar refractivity (Wildman–Crippen MR) is 69.1 cm³/mol. The van der Waals surface area contributed by atoms with Crippen LogP contribution < -0.4 is 0 Å². The van der Waals surface area contributed by atoms with Crippen LogP contribution in [0.15, 0.2) is 29.4 Å². The summed E-state index contributed by atoms with van der Waals surface area (Å²) >= 11 is 0. The first kappa shape index (κ1) is 13.1. The minimum atomic E-state index is -0.0441. The highest BCUT2D eigenvalue weighted by Crippen LogP contribution is 2.14. The van der Waals surface area contributed by atoms with Crippen molar-refractivity contribution in [1.82, 2.24) is 0 Å². The van der Waals surface area contributed by atoms with Gasteiger partial charge in [0.05, 0.1) is 12.8 Å². The van der Waals surface area contributed by atoms with Crippen LogP contribution in [0.25, 0.3) is 0 Å². The molecule has 98 valence electrons. The Hall–Kier alpha value is -1.39. The van der Waals surface area contributed by atoms with Crippen LogP contribution >= 0.6 is 0 Å². The van der Waals surface area contributed by atoms with E-state index in [1.54, 1.807) is 0 Å². The molecule has 1 aliphatic heterocycles. The Balaban J connectivity index is 1.82. The first-order valence-electron chi connectivity index (χ1n) is 6.38. The van der Waals surface area contributed by atoms with Crippen LogP contribution in [-0.4, -0.2) is 30.9 Å². The minimum absolute atomic E-state index is 0.0441. The van der Waals surface area contributed by atoms with Crippen molar-refractivity contribution in [2.24, 2.45) is 5.16 Å². The average Bonchev–Trinajstić information content (AvgIpc) is 2.42. The van der Waals surface area contributed by atoms with Gasteiger partial charge in [0.2, 0.25) is 0 Å². The maximum absolute atomic E-state index is 8.59. The molecule has 2 rings (SSSR count). The van der Waals surface area contributed by atoms with E-state index in [2.05, 4.69) is 5.16 Å². The molecule has 1 heterocycles. The lowest BCUT2D eigenvalue weighted by atomic mass is 10.1. The van der Waals surface area contributed by atoms with Gasteiger partial charge in [-0.2, -0.15) is 0 Å². The van der Waals surface area contributed by atoms with Gasteiger partial charge >= 0.3 is 0 Å². The highest BCUT2D eigenvalue weighted by atomic mass is 16.7. The van der Waals surface area contributed by atoms with Crippen LogP contribution in [0.1, 0.15) is 30.4 Å². The molecule has 1 atom stereocenters. The van der Waals surface area contributed by atoms with E-state index in [4.69, 9.17) is 14.7 Å². The molecule has 1 aliphatic rings. The fourth-order valence-electron chi connectivity index (χ4n) is 2.09. The molecular formula is C14H19NO3. The summed E-state index contributed by atoms with van der Waals surface area (Å²) in [4.78, 5) is 0. The summed E-state index contributed by atoms with van der Waals surface area (Å²) in [6.07, 6.45) is 5.50. The third-order valence-electron chi connectivity index (χ3n) is 3.06. The standard InChI is InChI=1S/C14H19NO3/c16-15-11-13-6-2-1-5-12(13)8-10-18-14-7-3-4-9-17-14/h1-2,5-6,11,14,16H,3-4,7-10H2. The van der Waals surface area contributed by atoms with Crippen molar-refractivity contribution in [2.75, 3.05) is 13.2 Å². The van der Waals surface area contributed by atoms with Gasteiger partial charge in [0.25, 0.3) is 0 Å². The first-order chi connectivity index (χ1) is 8.90. The number of rotatable bonds is 5. The Kier molecular flexibility index (Phi) is 5.17. The van der Waals surface area contributed by atoms with Crippen molar-refractivity contribution in [2.45, 2.75) is 32.0 Å². The molecule has 1 aromatic carbocycles. The molecule has 1 unspecified atom stereocenters. The second-order valence-electron chi connectivity index (χ2n) is 4.36. The number of ether oxygens (including phenoxy) is 2. The van der Waals surface area contributed by atoms with Gasteiger partial charge in [0, 0.05) is 6.61 Å². The fraction of sp³-hybridized carbons (Fsp3) is 0.500. The Bertz CT molecular complexity index is 386. The van der Waals surface area contributed by atoms with Crippen molar-refractivity contribution < 1.29 is 14.7 Å². The van der Waals surface area contributed by atoms with Crippen molar-refractivity contribution in [3.05, 3.63) is 35.4 Å². The molecule has 0 saturated carbocycles. The highest BCUT2D eigenvalue weighted by molar-refractivity contribution is 5.81. The van der Waals surface area contributed by atoms with E-state index in [0.29, 0.717) is 6.61 Å². The molecule has 0 aliphatic carbocycles.